The summed E-state index contributed by atoms with van der Waals surface area (Å²) in [6.07, 6.45) is 2.01. The molecule has 0 bridgehead atoms. The third-order valence-corrected chi connectivity index (χ3v) is 4.88. The second kappa shape index (κ2) is 8.73. The van der Waals surface area contributed by atoms with Gasteiger partial charge in [0.05, 0.1) is 11.5 Å². The predicted octanol–water partition coefficient (Wildman–Crippen LogP) is 4.80. The summed E-state index contributed by atoms with van der Waals surface area (Å²) in [5.41, 5.74) is 3.66. The van der Waals surface area contributed by atoms with E-state index < -0.39 is 4.92 Å². The zero-order valence-corrected chi connectivity index (χ0v) is 16.9. The number of hydrogen-bond donors (Lipinski definition) is 0. The van der Waals surface area contributed by atoms with Gasteiger partial charge in [-0.25, -0.2) is 0 Å². The van der Waals surface area contributed by atoms with E-state index in [0.717, 1.165) is 12.2 Å². The second-order valence-corrected chi connectivity index (χ2v) is 7.45. The van der Waals surface area contributed by atoms with Gasteiger partial charge in [-0.2, -0.15) is 0 Å². The molecule has 0 radical (unpaired) electrons. The quantitative estimate of drug-likeness (QED) is 0.429. The highest BCUT2D eigenvalue weighted by Crippen LogP contribution is 2.19. The largest absolute Gasteiger partial charge is 0.345 e. The molecule has 0 saturated carbocycles. The Morgan fingerprint density at radius 1 is 1.10 bits per heavy atom. The molecule has 0 aliphatic heterocycles. The van der Waals surface area contributed by atoms with E-state index >= 15 is 0 Å². The maximum Gasteiger partial charge on any atom is 0.270 e. The number of hydrogen-bond acceptors (Lipinski definition) is 3. The molecule has 6 nitrogen and oxygen atoms in total. The van der Waals surface area contributed by atoms with E-state index in [2.05, 4.69) is 29.7 Å². The molecule has 0 unspecified atom stereocenters. The maximum atomic E-state index is 13.1. The first-order valence-electron chi connectivity index (χ1n) is 9.60. The molecule has 3 rings (SSSR count). The lowest BCUT2D eigenvalue weighted by atomic mass is 10.1. The van der Waals surface area contributed by atoms with Gasteiger partial charge in [-0.1, -0.05) is 35.9 Å². The van der Waals surface area contributed by atoms with E-state index in [1.165, 1.54) is 23.3 Å². The molecule has 3 aromatic rings. The van der Waals surface area contributed by atoms with Crippen LogP contribution in [0.25, 0.3) is 0 Å². The van der Waals surface area contributed by atoms with Crippen LogP contribution in [0.1, 0.15) is 41.0 Å². The monoisotopic (exact) mass is 391 g/mol. The minimum absolute atomic E-state index is 0.0518. The van der Waals surface area contributed by atoms with Gasteiger partial charge in [-0.15, -0.1) is 0 Å². The average molecular weight is 391 g/mol. The van der Waals surface area contributed by atoms with Crippen LogP contribution in [0.2, 0.25) is 0 Å². The summed E-state index contributed by atoms with van der Waals surface area (Å²) in [6.45, 7) is 7.11. The van der Waals surface area contributed by atoms with Crippen LogP contribution in [0.4, 0.5) is 5.69 Å². The number of nitrogens with zero attached hydrogens (tertiary/aromatic N) is 3. The molecule has 0 spiro atoms. The van der Waals surface area contributed by atoms with E-state index in [4.69, 9.17) is 0 Å². The van der Waals surface area contributed by atoms with Crippen molar-refractivity contribution in [2.45, 2.75) is 39.9 Å². The Labute approximate surface area is 170 Å². The standard InChI is InChI=1S/C23H25N3O3/c1-17(2)25(23(27)20-9-5-10-21(14-20)26(28)29)16-22-11-6-12-24(22)15-19-8-4-7-18(3)13-19/h4-14,17H,15-16H2,1-3H3. The zero-order valence-electron chi connectivity index (χ0n) is 16.9. The van der Waals surface area contributed by atoms with E-state index in [9.17, 15) is 14.9 Å². The molecule has 0 aliphatic carbocycles. The average Bonchev–Trinajstić information content (AvgIpc) is 3.12. The van der Waals surface area contributed by atoms with Crippen molar-refractivity contribution in [3.63, 3.8) is 0 Å². The van der Waals surface area contributed by atoms with Crippen LogP contribution < -0.4 is 0 Å². The first-order valence-corrected chi connectivity index (χ1v) is 9.60. The minimum Gasteiger partial charge on any atom is -0.345 e. The van der Waals surface area contributed by atoms with Gasteiger partial charge in [-0.3, -0.25) is 14.9 Å². The van der Waals surface area contributed by atoms with Crippen molar-refractivity contribution in [2.24, 2.45) is 0 Å². The lowest BCUT2D eigenvalue weighted by molar-refractivity contribution is -0.384. The molecular weight excluding hydrogens is 366 g/mol. The molecule has 29 heavy (non-hydrogen) atoms. The highest BCUT2D eigenvalue weighted by molar-refractivity contribution is 5.95. The first-order chi connectivity index (χ1) is 13.8. The van der Waals surface area contributed by atoms with Crippen molar-refractivity contribution in [3.05, 3.63) is 99.4 Å². The molecule has 2 aromatic carbocycles. The molecule has 0 aliphatic rings. The molecule has 1 heterocycles. The van der Waals surface area contributed by atoms with E-state index in [1.807, 2.05) is 38.2 Å². The Morgan fingerprint density at radius 2 is 1.86 bits per heavy atom. The summed E-state index contributed by atoms with van der Waals surface area (Å²) in [5.74, 6) is -0.216. The van der Waals surface area contributed by atoms with Gasteiger partial charge < -0.3 is 9.47 Å². The summed E-state index contributed by atoms with van der Waals surface area (Å²) in [7, 11) is 0. The molecule has 1 amide bonds. The Morgan fingerprint density at radius 3 is 2.55 bits per heavy atom. The van der Waals surface area contributed by atoms with Crippen molar-refractivity contribution < 1.29 is 9.72 Å². The second-order valence-electron chi connectivity index (χ2n) is 7.45. The normalized spacial score (nSPS) is 10.9. The van der Waals surface area contributed by atoms with Crippen LogP contribution in [0, 0.1) is 17.0 Å². The molecule has 0 saturated heterocycles. The lowest BCUT2D eigenvalue weighted by Crippen LogP contribution is -2.37. The summed E-state index contributed by atoms with van der Waals surface area (Å²) in [6, 6.07) is 18.2. The summed E-state index contributed by atoms with van der Waals surface area (Å²) >= 11 is 0. The number of nitro benzene ring substituents is 1. The zero-order chi connectivity index (χ0) is 21.0. The highest BCUT2D eigenvalue weighted by Gasteiger charge is 2.22. The van der Waals surface area contributed by atoms with Gasteiger partial charge in [0.15, 0.2) is 0 Å². The summed E-state index contributed by atoms with van der Waals surface area (Å²) in [4.78, 5) is 25.4. The fourth-order valence-corrected chi connectivity index (χ4v) is 3.34. The van der Waals surface area contributed by atoms with Crippen LogP contribution in [-0.4, -0.2) is 26.3 Å². The van der Waals surface area contributed by atoms with E-state index in [0.29, 0.717) is 12.1 Å². The SMILES string of the molecule is Cc1cccc(Cn2cccc2CN(C(=O)c2cccc([N+](=O)[O-])c2)C(C)C)c1. The minimum atomic E-state index is -0.483. The van der Waals surface area contributed by atoms with Crippen LogP contribution in [0.3, 0.4) is 0 Å². The number of non-ortho nitro benzene ring substituents is 1. The topological polar surface area (TPSA) is 68.4 Å². The third-order valence-electron chi connectivity index (χ3n) is 4.88. The van der Waals surface area contributed by atoms with E-state index in [-0.39, 0.29) is 17.6 Å². The van der Waals surface area contributed by atoms with E-state index in [1.54, 1.807) is 17.0 Å². The van der Waals surface area contributed by atoms with Gasteiger partial charge in [-0.05, 0) is 44.5 Å². The Balaban J connectivity index is 1.83. The molecular formula is C23H25N3O3. The van der Waals surface area contributed by atoms with Crippen molar-refractivity contribution in [1.29, 1.82) is 0 Å². The number of aryl methyl sites for hydroxylation is 1. The predicted molar refractivity (Wildman–Crippen MR) is 113 cm³/mol. The van der Waals surface area contributed by atoms with Crippen LogP contribution >= 0.6 is 0 Å². The van der Waals surface area contributed by atoms with Crippen LogP contribution in [-0.2, 0) is 13.1 Å². The lowest BCUT2D eigenvalue weighted by Gasteiger charge is -2.27. The maximum absolute atomic E-state index is 13.1. The molecule has 0 fully saturated rings. The number of aromatic nitrogens is 1. The molecule has 0 atom stereocenters. The highest BCUT2D eigenvalue weighted by atomic mass is 16.6. The Kier molecular flexibility index (Phi) is 6.12. The summed E-state index contributed by atoms with van der Waals surface area (Å²) < 4.78 is 2.13. The number of rotatable bonds is 7. The molecule has 150 valence electrons. The first kappa shape index (κ1) is 20.3. The van der Waals surface area contributed by atoms with Crippen molar-refractivity contribution in [3.8, 4) is 0 Å². The van der Waals surface area contributed by atoms with Gasteiger partial charge in [0.2, 0.25) is 0 Å². The Hall–Kier alpha value is -3.41. The summed E-state index contributed by atoms with van der Waals surface area (Å²) in [5, 5.41) is 11.1. The number of carbonyl (C=O) groups excluding carboxylic acids is 1. The van der Waals surface area contributed by atoms with Gasteiger partial charge in [0.1, 0.15) is 0 Å². The smallest absolute Gasteiger partial charge is 0.270 e. The third kappa shape index (κ3) is 4.90. The fraction of sp³-hybridized carbons (Fsp3) is 0.261. The Bertz CT molecular complexity index is 1020. The van der Waals surface area contributed by atoms with Crippen LogP contribution in [0.5, 0.6) is 0 Å². The molecule has 6 heteroatoms. The molecule has 1 aromatic heterocycles. The molecule has 0 N–H and O–H groups in total. The van der Waals surface area contributed by atoms with Gasteiger partial charge >= 0.3 is 0 Å². The number of benzene rings is 2. The number of nitro groups is 1. The van der Waals surface area contributed by atoms with Gasteiger partial charge in [0, 0.05) is 42.2 Å². The van der Waals surface area contributed by atoms with Crippen molar-refractivity contribution in [1.82, 2.24) is 9.47 Å². The van der Waals surface area contributed by atoms with Crippen molar-refractivity contribution in [2.75, 3.05) is 0 Å². The number of amides is 1. The number of carbonyl (C=O) groups is 1. The van der Waals surface area contributed by atoms with Crippen LogP contribution in [0.15, 0.2) is 66.9 Å². The van der Waals surface area contributed by atoms with Gasteiger partial charge in [0.25, 0.3) is 11.6 Å². The van der Waals surface area contributed by atoms with Crippen molar-refractivity contribution >= 4 is 11.6 Å². The fourth-order valence-electron chi connectivity index (χ4n) is 3.34.